The van der Waals surface area contributed by atoms with Gasteiger partial charge in [-0.2, -0.15) is 0 Å². The van der Waals surface area contributed by atoms with Crippen LogP contribution in [0, 0.1) is 5.82 Å². The molecule has 4 rings (SSSR count). The first-order chi connectivity index (χ1) is 11.6. The molecular formula is C16H16FN3O4. The van der Waals surface area contributed by atoms with E-state index in [1.165, 1.54) is 6.20 Å². The SMILES string of the molecule is O=C(O)c1cn2c3c(c(N4CCNCC4)c(F)cc3c1=O)OCC2. The van der Waals surface area contributed by atoms with Crippen molar-refractivity contribution in [3.63, 3.8) is 0 Å². The van der Waals surface area contributed by atoms with E-state index in [1.807, 2.05) is 4.90 Å². The summed E-state index contributed by atoms with van der Waals surface area (Å²) in [4.78, 5) is 25.6. The molecule has 0 radical (unpaired) electrons. The smallest absolute Gasteiger partial charge is 0.341 e. The monoisotopic (exact) mass is 333 g/mol. The van der Waals surface area contributed by atoms with E-state index in [-0.39, 0.29) is 10.9 Å². The Morgan fingerprint density at radius 1 is 1.29 bits per heavy atom. The maximum atomic E-state index is 14.8. The molecule has 0 unspecified atom stereocenters. The zero-order valence-electron chi connectivity index (χ0n) is 12.8. The summed E-state index contributed by atoms with van der Waals surface area (Å²) in [5.74, 6) is -1.55. The summed E-state index contributed by atoms with van der Waals surface area (Å²) < 4.78 is 22.2. The van der Waals surface area contributed by atoms with Gasteiger partial charge in [0.15, 0.2) is 11.6 Å². The Hall–Kier alpha value is -2.61. The molecule has 1 saturated heterocycles. The number of carboxylic acids is 1. The number of ether oxygens (including phenoxy) is 1. The number of aromatic nitrogens is 1. The van der Waals surface area contributed by atoms with Gasteiger partial charge in [0.1, 0.15) is 17.9 Å². The second-order valence-corrected chi connectivity index (χ2v) is 5.89. The molecule has 2 aromatic rings. The number of carbonyl (C=O) groups is 1. The third kappa shape index (κ3) is 2.14. The number of carboxylic acid groups (broad SMARTS) is 1. The van der Waals surface area contributed by atoms with Crippen molar-refractivity contribution in [2.75, 3.05) is 37.7 Å². The first kappa shape index (κ1) is 14.9. The number of benzene rings is 1. The van der Waals surface area contributed by atoms with Crippen LogP contribution in [-0.2, 0) is 6.54 Å². The molecule has 2 aliphatic rings. The van der Waals surface area contributed by atoms with Crippen molar-refractivity contribution in [3.8, 4) is 5.75 Å². The topological polar surface area (TPSA) is 83.8 Å². The van der Waals surface area contributed by atoms with E-state index >= 15 is 0 Å². The second-order valence-electron chi connectivity index (χ2n) is 5.89. The van der Waals surface area contributed by atoms with Gasteiger partial charge >= 0.3 is 5.97 Å². The predicted octanol–water partition coefficient (Wildman–Crippen LogP) is 0.641. The third-order valence-corrected chi connectivity index (χ3v) is 4.49. The highest BCUT2D eigenvalue weighted by Gasteiger charge is 2.28. The van der Waals surface area contributed by atoms with Crippen LogP contribution < -0.4 is 20.4 Å². The highest BCUT2D eigenvalue weighted by atomic mass is 19.1. The predicted molar refractivity (Wildman–Crippen MR) is 85.7 cm³/mol. The van der Waals surface area contributed by atoms with E-state index in [2.05, 4.69) is 5.32 Å². The van der Waals surface area contributed by atoms with Crippen molar-refractivity contribution >= 4 is 22.6 Å². The summed E-state index contributed by atoms with van der Waals surface area (Å²) in [6, 6.07) is 1.14. The molecule has 0 aliphatic carbocycles. The summed E-state index contributed by atoms with van der Waals surface area (Å²) in [6.07, 6.45) is 1.32. The lowest BCUT2D eigenvalue weighted by Crippen LogP contribution is -2.44. The Morgan fingerprint density at radius 2 is 2.04 bits per heavy atom. The van der Waals surface area contributed by atoms with Gasteiger partial charge < -0.3 is 24.6 Å². The molecule has 24 heavy (non-hydrogen) atoms. The van der Waals surface area contributed by atoms with Crippen LogP contribution in [0.2, 0.25) is 0 Å². The quantitative estimate of drug-likeness (QED) is 0.839. The van der Waals surface area contributed by atoms with Gasteiger partial charge in [-0.25, -0.2) is 9.18 Å². The van der Waals surface area contributed by atoms with Crippen LogP contribution in [0.1, 0.15) is 10.4 Å². The highest BCUT2D eigenvalue weighted by molar-refractivity contribution is 5.97. The highest BCUT2D eigenvalue weighted by Crippen LogP contribution is 2.39. The van der Waals surface area contributed by atoms with Crippen molar-refractivity contribution in [3.05, 3.63) is 33.9 Å². The fourth-order valence-electron chi connectivity index (χ4n) is 3.38. The molecule has 0 bridgehead atoms. The Balaban J connectivity index is 2.03. The Bertz CT molecular complexity index is 903. The van der Waals surface area contributed by atoms with Crippen molar-refractivity contribution in [2.24, 2.45) is 0 Å². The summed E-state index contributed by atoms with van der Waals surface area (Å²) in [5.41, 5.74) is -0.234. The maximum Gasteiger partial charge on any atom is 0.341 e. The van der Waals surface area contributed by atoms with Crippen LogP contribution in [-0.4, -0.2) is 48.4 Å². The number of aromatic carboxylic acids is 1. The molecule has 0 amide bonds. The largest absolute Gasteiger partial charge is 0.487 e. The zero-order chi connectivity index (χ0) is 16.8. The van der Waals surface area contributed by atoms with E-state index < -0.39 is 17.2 Å². The molecule has 1 aromatic carbocycles. The molecule has 1 aromatic heterocycles. The number of halogens is 1. The van der Waals surface area contributed by atoms with Crippen molar-refractivity contribution < 1.29 is 19.0 Å². The first-order valence-corrected chi connectivity index (χ1v) is 7.79. The number of nitrogens with zero attached hydrogens (tertiary/aromatic N) is 2. The minimum absolute atomic E-state index is 0.0426. The van der Waals surface area contributed by atoms with Gasteiger partial charge in [-0.1, -0.05) is 0 Å². The molecule has 7 nitrogen and oxygen atoms in total. The third-order valence-electron chi connectivity index (χ3n) is 4.49. The lowest BCUT2D eigenvalue weighted by Gasteiger charge is -2.33. The average Bonchev–Trinajstić information content (AvgIpc) is 2.58. The minimum Gasteiger partial charge on any atom is -0.487 e. The van der Waals surface area contributed by atoms with Crippen LogP contribution in [0.15, 0.2) is 17.1 Å². The van der Waals surface area contributed by atoms with Crippen LogP contribution in [0.4, 0.5) is 10.1 Å². The number of piperazine rings is 1. The molecular weight excluding hydrogens is 317 g/mol. The summed E-state index contributed by atoms with van der Waals surface area (Å²) in [5, 5.41) is 12.5. The standard InChI is InChI=1S/C16H16FN3O4/c17-11-7-9-12-15(13(11)19-3-1-18-2-4-19)24-6-5-20(12)8-10(14(9)21)16(22)23/h7-8,18H,1-6H2,(H,22,23). The van der Waals surface area contributed by atoms with Gasteiger partial charge in [0.25, 0.3) is 0 Å². The zero-order valence-corrected chi connectivity index (χ0v) is 12.8. The molecule has 1 fully saturated rings. The number of rotatable bonds is 2. The Labute approximate surface area is 136 Å². The van der Waals surface area contributed by atoms with Gasteiger partial charge in [0.05, 0.1) is 17.4 Å². The van der Waals surface area contributed by atoms with E-state index in [9.17, 15) is 19.1 Å². The molecule has 2 aliphatic heterocycles. The fraction of sp³-hybridized carbons (Fsp3) is 0.375. The average molecular weight is 333 g/mol. The van der Waals surface area contributed by atoms with Gasteiger partial charge in [-0.05, 0) is 6.07 Å². The lowest BCUT2D eigenvalue weighted by atomic mass is 10.1. The van der Waals surface area contributed by atoms with Crippen molar-refractivity contribution in [2.45, 2.75) is 6.54 Å². The number of hydrogen-bond acceptors (Lipinski definition) is 5. The molecule has 126 valence electrons. The molecule has 0 saturated carbocycles. The van der Waals surface area contributed by atoms with Crippen LogP contribution in [0.5, 0.6) is 5.75 Å². The summed E-state index contributed by atoms with van der Waals surface area (Å²) in [7, 11) is 0. The normalized spacial score (nSPS) is 17.0. The van der Waals surface area contributed by atoms with Gasteiger partial charge in [0, 0.05) is 32.4 Å². The summed E-state index contributed by atoms with van der Waals surface area (Å²) >= 11 is 0. The second kappa shape index (κ2) is 5.48. The molecule has 3 heterocycles. The Morgan fingerprint density at radius 3 is 2.75 bits per heavy atom. The summed E-state index contributed by atoms with van der Waals surface area (Å²) in [6.45, 7) is 3.46. The minimum atomic E-state index is -1.31. The van der Waals surface area contributed by atoms with E-state index in [0.717, 1.165) is 19.2 Å². The van der Waals surface area contributed by atoms with Gasteiger partial charge in [-0.3, -0.25) is 4.79 Å². The molecule has 0 spiro atoms. The van der Waals surface area contributed by atoms with Crippen LogP contribution in [0.25, 0.3) is 10.9 Å². The van der Waals surface area contributed by atoms with Crippen molar-refractivity contribution in [1.82, 2.24) is 9.88 Å². The number of hydrogen-bond donors (Lipinski definition) is 2. The van der Waals surface area contributed by atoms with Gasteiger partial charge in [0.2, 0.25) is 5.43 Å². The van der Waals surface area contributed by atoms with Crippen molar-refractivity contribution in [1.29, 1.82) is 0 Å². The van der Waals surface area contributed by atoms with Crippen LogP contribution >= 0.6 is 0 Å². The van der Waals surface area contributed by atoms with E-state index in [0.29, 0.717) is 43.2 Å². The molecule has 8 heteroatoms. The van der Waals surface area contributed by atoms with E-state index in [4.69, 9.17) is 4.74 Å². The number of anilines is 1. The van der Waals surface area contributed by atoms with E-state index in [1.54, 1.807) is 4.57 Å². The molecule has 0 atom stereocenters. The lowest BCUT2D eigenvalue weighted by molar-refractivity contribution is 0.0694. The fourth-order valence-corrected chi connectivity index (χ4v) is 3.38. The number of pyridine rings is 1. The maximum absolute atomic E-state index is 14.8. The number of nitrogens with one attached hydrogen (secondary N) is 1. The molecule has 2 N–H and O–H groups in total. The van der Waals surface area contributed by atoms with Crippen LogP contribution in [0.3, 0.4) is 0 Å². The Kier molecular flexibility index (Phi) is 3.42. The van der Waals surface area contributed by atoms with Gasteiger partial charge in [-0.15, -0.1) is 0 Å². The first-order valence-electron chi connectivity index (χ1n) is 7.79.